The monoisotopic (exact) mass is 518 g/mol. The number of nitrogens with one attached hydrogen (secondary N) is 1. The molecule has 37 heavy (non-hydrogen) atoms. The second-order valence-electron chi connectivity index (χ2n) is 8.14. The quantitative estimate of drug-likeness (QED) is 0.289. The van der Waals surface area contributed by atoms with Gasteiger partial charge in [-0.3, -0.25) is 9.78 Å². The van der Waals surface area contributed by atoms with Crippen LogP contribution in [0.1, 0.15) is 16.8 Å². The minimum absolute atomic E-state index is 0.0152. The average molecular weight is 519 g/mol. The van der Waals surface area contributed by atoms with Crippen LogP contribution in [-0.2, 0) is 34.5 Å². The largest absolute Gasteiger partial charge is 0.489 e. The van der Waals surface area contributed by atoms with Gasteiger partial charge in [-0.05, 0) is 47.5 Å². The molecule has 0 fully saturated rings. The first-order chi connectivity index (χ1) is 17.9. The highest BCUT2D eigenvalue weighted by molar-refractivity contribution is 7.89. The zero-order valence-electron chi connectivity index (χ0n) is 19.9. The van der Waals surface area contributed by atoms with Crippen molar-refractivity contribution in [1.29, 1.82) is 0 Å². The molecule has 0 unspecified atom stereocenters. The molecule has 9 nitrogen and oxygen atoms in total. The fraction of sp³-hybridized carbons (Fsp3) is 0.148. The van der Waals surface area contributed by atoms with Crippen LogP contribution in [0.2, 0.25) is 0 Å². The number of nitrogens with zero attached hydrogens (tertiary/aromatic N) is 3. The fourth-order valence-electron chi connectivity index (χ4n) is 3.52. The van der Waals surface area contributed by atoms with E-state index in [1.54, 1.807) is 24.3 Å². The Morgan fingerprint density at radius 1 is 0.892 bits per heavy atom. The molecule has 4 rings (SSSR count). The number of aromatic nitrogens is 2. The summed E-state index contributed by atoms with van der Waals surface area (Å²) in [7, 11) is -3.90. The molecular weight excluding hydrogens is 492 g/mol. The summed E-state index contributed by atoms with van der Waals surface area (Å²) in [4.78, 5) is 19.3. The molecule has 2 N–H and O–H groups in total. The molecule has 2 heterocycles. The van der Waals surface area contributed by atoms with Gasteiger partial charge in [0.25, 0.3) is 0 Å². The lowest BCUT2D eigenvalue weighted by atomic mass is 10.1. The number of carbonyl (C=O) groups is 1. The maximum atomic E-state index is 13.5. The van der Waals surface area contributed by atoms with Crippen molar-refractivity contribution in [3.8, 4) is 5.75 Å². The van der Waals surface area contributed by atoms with Crippen LogP contribution in [0.15, 0.2) is 102 Å². The minimum atomic E-state index is -3.90. The van der Waals surface area contributed by atoms with Crippen LogP contribution in [0.4, 0.5) is 5.82 Å². The summed E-state index contributed by atoms with van der Waals surface area (Å²) in [5.41, 5.74) is 2.21. The molecular formula is C27H26N4O5S. The molecule has 2 aromatic heterocycles. The van der Waals surface area contributed by atoms with Crippen molar-refractivity contribution in [3.63, 3.8) is 0 Å². The fourth-order valence-corrected chi connectivity index (χ4v) is 4.88. The van der Waals surface area contributed by atoms with Crippen molar-refractivity contribution < 1.29 is 23.1 Å². The summed E-state index contributed by atoms with van der Waals surface area (Å²) in [6.07, 6.45) is 2.82. The van der Waals surface area contributed by atoms with E-state index in [0.29, 0.717) is 18.1 Å². The molecule has 0 spiro atoms. The Hall–Kier alpha value is -4.28. The number of hydrogen-bond donors (Lipinski definition) is 2. The van der Waals surface area contributed by atoms with Gasteiger partial charge in [-0.15, -0.1) is 0 Å². The van der Waals surface area contributed by atoms with Crippen molar-refractivity contribution in [2.24, 2.45) is 0 Å². The number of hydrogen-bond acceptors (Lipinski definition) is 7. The molecule has 0 aliphatic heterocycles. The van der Waals surface area contributed by atoms with E-state index in [1.165, 1.54) is 22.8 Å². The predicted molar refractivity (Wildman–Crippen MR) is 138 cm³/mol. The highest BCUT2D eigenvalue weighted by Crippen LogP contribution is 2.21. The van der Waals surface area contributed by atoms with E-state index in [0.717, 1.165) is 16.9 Å². The number of carboxylic acid groups (broad SMARTS) is 1. The number of aliphatic carboxylic acids is 1. The Kier molecular flexibility index (Phi) is 8.44. The maximum Gasteiger partial charge on any atom is 0.322 e. The first-order valence-electron chi connectivity index (χ1n) is 11.5. The molecule has 10 heteroatoms. The molecule has 190 valence electrons. The van der Waals surface area contributed by atoms with Gasteiger partial charge in [0, 0.05) is 18.9 Å². The number of para-hydroxylation sites is 1. The number of benzene rings is 2. The normalized spacial score (nSPS) is 11.3. The predicted octanol–water partition coefficient (Wildman–Crippen LogP) is 3.94. The number of rotatable bonds is 12. The number of pyridine rings is 2. The van der Waals surface area contributed by atoms with Gasteiger partial charge in [-0.1, -0.05) is 48.5 Å². The van der Waals surface area contributed by atoms with Crippen molar-refractivity contribution in [3.05, 3.63) is 114 Å². The van der Waals surface area contributed by atoms with Crippen LogP contribution in [0.3, 0.4) is 0 Å². The third kappa shape index (κ3) is 7.35. The smallest absolute Gasteiger partial charge is 0.322 e. The number of carboxylic acids is 1. The third-order valence-corrected chi connectivity index (χ3v) is 7.14. The molecule has 0 radical (unpaired) electrons. The highest BCUT2D eigenvalue weighted by Gasteiger charge is 2.26. The van der Waals surface area contributed by atoms with E-state index in [1.807, 2.05) is 54.6 Å². The molecule has 0 atom stereocenters. The Morgan fingerprint density at radius 3 is 2.35 bits per heavy atom. The van der Waals surface area contributed by atoms with Gasteiger partial charge >= 0.3 is 5.97 Å². The average Bonchev–Trinajstić information content (AvgIpc) is 2.92. The Morgan fingerprint density at radius 2 is 1.65 bits per heavy atom. The van der Waals surface area contributed by atoms with Crippen LogP contribution in [-0.4, -0.2) is 40.3 Å². The molecule has 0 saturated carbocycles. The molecule has 4 aromatic rings. The van der Waals surface area contributed by atoms with E-state index in [9.17, 15) is 13.2 Å². The van der Waals surface area contributed by atoms with Crippen molar-refractivity contribution in [2.45, 2.75) is 24.6 Å². The zero-order valence-corrected chi connectivity index (χ0v) is 20.7. The Balaban J connectivity index is 1.53. The second kappa shape index (κ2) is 12.1. The summed E-state index contributed by atoms with van der Waals surface area (Å²) in [6.45, 7) is 0.181. The van der Waals surface area contributed by atoms with Gasteiger partial charge < -0.3 is 15.2 Å². The lowest BCUT2D eigenvalue weighted by molar-refractivity contribution is -0.134. The van der Waals surface area contributed by atoms with Gasteiger partial charge in [0.15, 0.2) is 0 Å². The summed E-state index contributed by atoms with van der Waals surface area (Å²) in [5.74, 6) is 0.0971. The first-order valence-corrected chi connectivity index (χ1v) is 12.9. The summed E-state index contributed by atoms with van der Waals surface area (Å²) >= 11 is 0. The van der Waals surface area contributed by atoms with Crippen molar-refractivity contribution in [1.82, 2.24) is 14.3 Å². The zero-order chi connectivity index (χ0) is 26.1. The summed E-state index contributed by atoms with van der Waals surface area (Å²) in [6, 6.07) is 25.1. The summed E-state index contributed by atoms with van der Waals surface area (Å²) < 4.78 is 34.1. The topological polar surface area (TPSA) is 122 Å². The minimum Gasteiger partial charge on any atom is -0.489 e. The molecule has 0 saturated heterocycles. The van der Waals surface area contributed by atoms with Crippen LogP contribution in [0.5, 0.6) is 5.75 Å². The molecule has 0 aliphatic carbocycles. The van der Waals surface area contributed by atoms with Crippen LogP contribution in [0, 0.1) is 0 Å². The van der Waals surface area contributed by atoms with Crippen LogP contribution >= 0.6 is 0 Å². The third-order valence-electron chi connectivity index (χ3n) is 5.37. The van der Waals surface area contributed by atoms with Crippen LogP contribution in [0.25, 0.3) is 0 Å². The lowest BCUT2D eigenvalue weighted by Crippen LogP contribution is -2.30. The van der Waals surface area contributed by atoms with Crippen LogP contribution < -0.4 is 10.1 Å². The van der Waals surface area contributed by atoms with Gasteiger partial charge in [0.2, 0.25) is 10.0 Å². The molecule has 0 amide bonds. The number of anilines is 1. The van der Waals surface area contributed by atoms with Crippen molar-refractivity contribution >= 4 is 21.8 Å². The first kappa shape index (κ1) is 25.8. The van der Waals surface area contributed by atoms with Crippen molar-refractivity contribution in [2.75, 3.05) is 11.9 Å². The molecule has 0 bridgehead atoms. The lowest BCUT2D eigenvalue weighted by Gasteiger charge is -2.22. The Bertz CT molecular complexity index is 1420. The highest BCUT2D eigenvalue weighted by atomic mass is 32.2. The van der Waals surface area contributed by atoms with E-state index >= 15 is 0 Å². The van der Waals surface area contributed by atoms with E-state index in [2.05, 4.69) is 15.3 Å². The van der Waals surface area contributed by atoms with Gasteiger partial charge in [-0.25, -0.2) is 13.4 Å². The van der Waals surface area contributed by atoms with Gasteiger partial charge in [0.05, 0.1) is 12.2 Å². The standard InChI is InChI=1S/C27H26N4O5S/c32-27(33)17-29-26-10-4-6-23(30-26)19-31(37(34,35)25-9-5-15-28-16-25)18-21-11-13-22(14-12-21)20-36-24-7-2-1-3-8-24/h1-16H,17-20H2,(H,29,30)(H,32,33). The van der Waals surface area contributed by atoms with E-state index in [4.69, 9.17) is 9.84 Å². The Labute approximate surface area is 215 Å². The van der Waals surface area contributed by atoms with Gasteiger partial charge in [-0.2, -0.15) is 4.31 Å². The summed E-state index contributed by atoms with van der Waals surface area (Å²) in [5, 5.41) is 11.6. The number of sulfonamides is 1. The second-order valence-corrected chi connectivity index (χ2v) is 10.1. The molecule has 0 aliphatic rings. The maximum absolute atomic E-state index is 13.5. The molecule has 2 aromatic carbocycles. The number of ether oxygens (including phenoxy) is 1. The van der Waals surface area contributed by atoms with E-state index < -0.39 is 16.0 Å². The van der Waals surface area contributed by atoms with Gasteiger partial charge in [0.1, 0.15) is 29.6 Å². The SMILES string of the molecule is O=C(O)CNc1cccc(CN(Cc2ccc(COc3ccccc3)cc2)S(=O)(=O)c2cccnc2)n1. The van der Waals surface area contributed by atoms with E-state index in [-0.39, 0.29) is 24.5 Å².